The summed E-state index contributed by atoms with van der Waals surface area (Å²) in [6.07, 6.45) is 1.02. The first-order valence-corrected chi connectivity index (χ1v) is 5.37. The minimum Gasteiger partial charge on any atom is -0.481 e. The molecule has 0 aliphatic carbocycles. The van der Waals surface area contributed by atoms with E-state index in [1.54, 1.807) is 0 Å². The van der Waals surface area contributed by atoms with Crippen molar-refractivity contribution in [1.82, 2.24) is 4.98 Å². The van der Waals surface area contributed by atoms with Crippen molar-refractivity contribution in [1.29, 1.82) is 0 Å². The second-order valence-electron chi connectivity index (χ2n) is 3.31. The SMILES string of the molecule is O=C(O)Cc1csc(C2CCOC2)n1. The van der Waals surface area contributed by atoms with Crippen LogP contribution in [-0.2, 0) is 16.0 Å². The summed E-state index contributed by atoms with van der Waals surface area (Å²) < 4.78 is 5.25. The van der Waals surface area contributed by atoms with Gasteiger partial charge in [-0.2, -0.15) is 0 Å². The van der Waals surface area contributed by atoms with E-state index in [1.807, 2.05) is 5.38 Å². The molecule has 1 aromatic heterocycles. The Kier molecular flexibility index (Phi) is 2.79. The van der Waals surface area contributed by atoms with E-state index in [4.69, 9.17) is 9.84 Å². The van der Waals surface area contributed by atoms with E-state index in [-0.39, 0.29) is 6.42 Å². The first kappa shape index (κ1) is 9.61. The highest BCUT2D eigenvalue weighted by atomic mass is 32.1. The summed E-state index contributed by atoms with van der Waals surface area (Å²) in [5, 5.41) is 11.4. The van der Waals surface area contributed by atoms with E-state index < -0.39 is 5.97 Å². The average molecular weight is 213 g/mol. The molecule has 5 heteroatoms. The van der Waals surface area contributed by atoms with Gasteiger partial charge in [0.1, 0.15) is 0 Å². The number of hydrogen-bond donors (Lipinski definition) is 1. The molecular weight excluding hydrogens is 202 g/mol. The van der Waals surface area contributed by atoms with Crippen LogP contribution < -0.4 is 0 Å². The number of carboxylic acid groups (broad SMARTS) is 1. The van der Waals surface area contributed by atoms with Crippen LogP contribution in [0.15, 0.2) is 5.38 Å². The molecule has 1 aromatic rings. The predicted octanol–water partition coefficient (Wildman–Crippen LogP) is 1.27. The average Bonchev–Trinajstić information content (AvgIpc) is 2.69. The lowest BCUT2D eigenvalue weighted by Crippen LogP contribution is -2.02. The maximum Gasteiger partial charge on any atom is 0.309 e. The second kappa shape index (κ2) is 4.06. The zero-order valence-electron chi connectivity index (χ0n) is 7.60. The summed E-state index contributed by atoms with van der Waals surface area (Å²) in [7, 11) is 0. The molecule has 1 fully saturated rings. The van der Waals surface area contributed by atoms with Gasteiger partial charge in [0, 0.05) is 17.9 Å². The van der Waals surface area contributed by atoms with Crippen LogP contribution in [0.4, 0.5) is 0 Å². The molecular formula is C9H11NO3S. The van der Waals surface area contributed by atoms with Gasteiger partial charge >= 0.3 is 5.97 Å². The molecule has 1 unspecified atom stereocenters. The number of hydrogen-bond acceptors (Lipinski definition) is 4. The van der Waals surface area contributed by atoms with E-state index in [0.29, 0.717) is 11.6 Å². The fourth-order valence-electron chi connectivity index (χ4n) is 1.48. The summed E-state index contributed by atoms with van der Waals surface area (Å²) in [6.45, 7) is 1.51. The highest BCUT2D eigenvalue weighted by molar-refractivity contribution is 7.09. The number of ether oxygens (including phenoxy) is 1. The van der Waals surface area contributed by atoms with Crippen molar-refractivity contribution < 1.29 is 14.6 Å². The maximum absolute atomic E-state index is 10.4. The zero-order valence-corrected chi connectivity index (χ0v) is 8.42. The molecule has 0 saturated carbocycles. The topological polar surface area (TPSA) is 59.4 Å². The van der Waals surface area contributed by atoms with Gasteiger partial charge in [0.2, 0.25) is 0 Å². The summed E-state index contributed by atoms with van der Waals surface area (Å²) in [5.41, 5.74) is 0.657. The first-order chi connectivity index (χ1) is 6.75. The Morgan fingerprint density at radius 2 is 2.64 bits per heavy atom. The fraction of sp³-hybridized carbons (Fsp3) is 0.556. The van der Waals surface area contributed by atoms with Crippen molar-refractivity contribution in [3.8, 4) is 0 Å². The number of carbonyl (C=O) groups is 1. The summed E-state index contributed by atoms with van der Waals surface area (Å²) >= 11 is 1.53. The molecule has 76 valence electrons. The monoisotopic (exact) mass is 213 g/mol. The van der Waals surface area contributed by atoms with Gasteiger partial charge in [0.15, 0.2) is 0 Å². The number of thiazole rings is 1. The molecule has 2 rings (SSSR count). The molecule has 0 amide bonds. The van der Waals surface area contributed by atoms with Gasteiger partial charge in [-0.3, -0.25) is 4.79 Å². The van der Waals surface area contributed by atoms with Gasteiger partial charge in [-0.1, -0.05) is 0 Å². The minimum absolute atomic E-state index is 0.0179. The van der Waals surface area contributed by atoms with Crippen LogP contribution in [0.2, 0.25) is 0 Å². The van der Waals surface area contributed by atoms with E-state index in [2.05, 4.69) is 4.98 Å². The van der Waals surface area contributed by atoms with Gasteiger partial charge in [-0.05, 0) is 6.42 Å². The van der Waals surface area contributed by atoms with Crippen LogP contribution in [0.3, 0.4) is 0 Å². The van der Waals surface area contributed by atoms with Crippen LogP contribution in [0.1, 0.15) is 23.0 Å². The number of aliphatic carboxylic acids is 1. The molecule has 2 heterocycles. The van der Waals surface area contributed by atoms with Crippen LogP contribution in [-0.4, -0.2) is 29.3 Å². The Labute approximate surface area is 85.5 Å². The largest absolute Gasteiger partial charge is 0.481 e. The van der Waals surface area contributed by atoms with Crippen molar-refractivity contribution in [2.75, 3.05) is 13.2 Å². The molecule has 0 bridgehead atoms. The maximum atomic E-state index is 10.4. The Hall–Kier alpha value is -0.940. The standard InChI is InChI=1S/C9H11NO3S/c11-8(12)3-7-5-14-9(10-7)6-1-2-13-4-6/h5-6H,1-4H2,(H,11,12). The fourth-order valence-corrected chi connectivity index (χ4v) is 2.42. The predicted molar refractivity (Wildman–Crippen MR) is 51.6 cm³/mol. The van der Waals surface area contributed by atoms with Crippen LogP contribution in [0.5, 0.6) is 0 Å². The molecule has 1 aliphatic heterocycles. The molecule has 14 heavy (non-hydrogen) atoms. The third-order valence-electron chi connectivity index (χ3n) is 2.18. The molecule has 1 N–H and O–H groups in total. The summed E-state index contributed by atoms with van der Waals surface area (Å²) in [6, 6.07) is 0. The van der Waals surface area contributed by atoms with Crippen molar-refractivity contribution >= 4 is 17.3 Å². The first-order valence-electron chi connectivity index (χ1n) is 4.49. The Bertz CT molecular complexity index is 331. The third kappa shape index (κ3) is 2.10. The van der Waals surface area contributed by atoms with Gasteiger partial charge in [0.25, 0.3) is 0 Å². The number of rotatable bonds is 3. The van der Waals surface area contributed by atoms with Crippen molar-refractivity contribution in [3.05, 3.63) is 16.1 Å². The molecule has 4 nitrogen and oxygen atoms in total. The second-order valence-corrected chi connectivity index (χ2v) is 4.20. The van der Waals surface area contributed by atoms with Crippen molar-refractivity contribution in [2.24, 2.45) is 0 Å². The molecule has 1 atom stereocenters. The quantitative estimate of drug-likeness (QED) is 0.821. The Morgan fingerprint density at radius 3 is 3.29 bits per heavy atom. The molecule has 0 spiro atoms. The highest BCUT2D eigenvalue weighted by Gasteiger charge is 2.21. The summed E-state index contributed by atoms with van der Waals surface area (Å²) in [5.74, 6) is -0.452. The Balaban J connectivity index is 2.05. The normalized spacial score (nSPS) is 21.3. The Morgan fingerprint density at radius 1 is 1.79 bits per heavy atom. The zero-order chi connectivity index (χ0) is 9.97. The van der Waals surface area contributed by atoms with E-state index in [1.165, 1.54) is 11.3 Å². The molecule has 1 saturated heterocycles. The number of aromatic nitrogens is 1. The molecule has 0 aromatic carbocycles. The highest BCUT2D eigenvalue weighted by Crippen LogP contribution is 2.27. The van der Waals surface area contributed by atoms with E-state index in [0.717, 1.165) is 24.6 Å². The number of carboxylic acids is 1. The minimum atomic E-state index is -0.829. The van der Waals surface area contributed by atoms with Gasteiger partial charge in [0.05, 0.1) is 23.7 Å². The lowest BCUT2D eigenvalue weighted by atomic mass is 10.1. The van der Waals surface area contributed by atoms with Gasteiger partial charge in [-0.25, -0.2) is 4.98 Å². The summed E-state index contributed by atoms with van der Waals surface area (Å²) in [4.78, 5) is 14.7. The van der Waals surface area contributed by atoms with Gasteiger partial charge in [-0.15, -0.1) is 11.3 Å². The lowest BCUT2D eigenvalue weighted by molar-refractivity contribution is -0.136. The third-order valence-corrected chi connectivity index (χ3v) is 3.24. The van der Waals surface area contributed by atoms with E-state index in [9.17, 15) is 4.79 Å². The van der Waals surface area contributed by atoms with Gasteiger partial charge < -0.3 is 9.84 Å². The molecule has 0 radical (unpaired) electrons. The van der Waals surface area contributed by atoms with Crippen molar-refractivity contribution in [2.45, 2.75) is 18.8 Å². The van der Waals surface area contributed by atoms with Crippen LogP contribution in [0.25, 0.3) is 0 Å². The molecule has 1 aliphatic rings. The van der Waals surface area contributed by atoms with Crippen molar-refractivity contribution in [3.63, 3.8) is 0 Å². The van der Waals surface area contributed by atoms with E-state index >= 15 is 0 Å². The number of nitrogens with zero attached hydrogens (tertiary/aromatic N) is 1. The van der Waals surface area contributed by atoms with Crippen LogP contribution >= 0.6 is 11.3 Å². The van der Waals surface area contributed by atoms with Crippen LogP contribution in [0, 0.1) is 0 Å². The lowest BCUT2D eigenvalue weighted by Gasteiger charge is -2.00. The smallest absolute Gasteiger partial charge is 0.309 e.